The van der Waals surface area contributed by atoms with E-state index in [4.69, 9.17) is 0 Å². The second kappa shape index (κ2) is 10.7. The highest BCUT2D eigenvalue weighted by Crippen LogP contribution is 2.28. The summed E-state index contributed by atoms with van der Waals surface area (Å²) in [5.41, 5.74) is 1.35. The van der Waals surface area contributed by atoms with Crippen molar-refractivity contribution in [3.8, 4) is 0 Å². The zero-order chi connectivity index (χ0) is 26.7. The lowest BCUT2D eigenvalue weighted by Crippen LogP contribution is -2.50. The molecular formula is C26H31N5O5S. The number of pyridine rings is 1. The molecule has 1 aromatic heterocycles. The summed E-state index contributed by atoms with van der Waals surface area (Å²) in [7, 11) is -3.85. The van der Waals surface area contributed by atoms with E-state index in [0.29, 0.717) is 55.0 Å². The quantitative estimate of drug-likeness (QED) is 0.409. The first kappa shape index (κ1) is 26.4. The normalized spacial score (nSPS) is 14.6. The maximum Gasteiger partial charge on any atom is 0.336 e. The van der Waals surface area contributed by atoms with Crippen LogP contribution >= 0.6 is 0 Å². The summed E-state index contributed by atoms with van der Waals surface area (Å²) in [4.78, 5) is 33.1. The highest BCUT2D eigenvalue weighted by atomic mass is 32.2. The number of benzene rings is 2. The van der Waals surface area contributed by atoms with Gasteiger partial charge in [0.1, 0.15) is 5.82 Å². The Morgan fingerprint density at radius 2 is 1.76 bits per heavy atom. The Morgan fingerprint density at radius 3 is 2.41 bits per heavy atom. The monoisotopic (exact) mass is 525 g/mol. The van der Waals surface area contributed by atoms with Gasteiger partial charge in [-0.2, -0.15) is 0 Å². The zero-order valence-corrected chi connectivity index (χ0v) is 21.9. The second-order valence-corrected chi connectivity index (χ2v) is 11.1. The lowest BCUT2D eigenvalue weighted by atomic mass is 10.1. The van der Waals surface area contributed by atoms with Crippen LogP contribution in [0.15, 0.2) is 53.4 Å². The van der Waals surface area contributed by atoms with Crippen molar-refractivity contribution in [3.05, 3.63) is 59.7 Å². The predicted molar refractivity (Wildman–Crippen MR) is 143 cm³/mol. The van der Waals surface area contributed by atoms with Crippen LogP contribution in [0.1, 0.15) is 29.8 Å². The third-order valence-electron chi connectivity index (χ3n) is 6.17. The number of fused-ring (bicyclic) bond motifs is 1. The van der Waals surface area contributed by atoms with Crippen molar-refractivity contribution in [1.29, 1.82) is 0 Å². The number of carbonyl (C=O) groups excluding carboxylic acids is 1. The van der Waals surface area contributed by atoms with E-state index in [1.165, 1.54) is 18.2 Å². The molecule has 3 N–H and O–H groups in total. The number of aromatic carboxylic acids is 1. The number of piperazine rings is 1. The largest absolute Gasteiger partial charge is 0.478 e. The second-order valence-electron chi connectivity index (χ2n) is 9.42. The van der Waals surface area contributed by atoms with Crippen molar-refractivity contribution in [2.45, 2.75) is 31.7 Å². The summed E-state index contributed by atoms with van der Waals surface area (Å²) in [5.74, 6) is -0.615. The molecule has 2 heterocycles. The third-order valence-corrected chi connectivity index (χ3v) is 7.72. The number of aromatic nitrogens is 1. The number of amides is 1. The number of hydrogen-bond acceptors (Lipinski definition) is 7. The minimum absolute atomic E-state index is 0.0192. The molecule has 37 heavy (non-hydrogen) atoms. The SMILES string of the molecule is Cc1ccccc1S(=O)(=O)Nc1ccc2nc(N3CCN(CC(=O)NC(C)C)CC3)cc(C(=O)O)c2c1. The first-order valence-corrected chi connectivity index (χ1v) is 13.5. The van der Waals surface area contributed by atoms with Gasteiger partial charge in [0.25, 0.3) is 10.0 Å². The number of anilines is 2. The van der Waals surface area contributed by atoms with Crippen LogP contribution in [0.4, 0.5) is 11.5 Å². The summed E-state index contributed by atoms with van der Waals surface area (Å²) in [6.45, 7) is 8.36. The van der Waals surface area contributed by atoms with Gasteiger partial charge in [-0.3, -0.25) is 14.4 Å². The number of sulfonamides is 1. The van der Waals surface area contributed by atoms with E-state index in [9.17, 15) is 23.1 Å². The van der Waals surface area contributed by atoms with E-state index in [2.05, 4.69) is 19.9 Å². The molecule has 1 aliphatic rings. The van der Waals surface area contributed by atoms with E-state index >= 15 is 0 Å². The van der Waals surface area contributed by atoms with Gasteiger partial charge >= 0.3 is 5.97 Å². The number of carboxylic acid groups (broad SMARTS) is 1. The Labute approximate surface area is 216 Å². The molecule has 1 aliphatic heterocycles. The number of carbonyl (C=O) groups is 2. The summed E-state index contributed by atoms with van der Waals surface area (Å²) in [6.07, 6.45) is 0. The fourth-order valence-electron chi connectivity index (χ4n) is 4.39. The van der Waals surface area contributed by atoms with Crippen LogP contribution in [-0.4, -0.2) is 74.1 Å². The number of aryl methyl sites for hydroxylation is 1. The Morgan fingerprint density at radius 1 is 1.05 bits per heavy atom. The van der Waals surface area contributed by atoms with Crippen LogP contribution < -0.4 is 14.9 Å². The molecule has 2 aromatic carbocycles. The van der Waals surface area contributed by atoms with Crippen molar-refractivity contribution >= 4 is 44.3 Å². The highest BCUT2D eigenvalue weighted by Gasteiger charge is 2.23. The molecule has 0 unspecified atom stereocenters. The average molecular weight is 526 g/mol. The first-order valence-electron chi connectivity index (χ1n) is 12.1. The smallest absolute Gasteiger partial charge is 0.336 e. The molecule has 0 atom stereocenters. The van der Waals surface area contributed by atoms with Gasteiger partial charge in [0, 0.05) is 43.3 Å². The number of rotatable bonds is 8. The van der Waals surface area contributed by atoms with Crippen molar-refractivity contribution in [2.75, 3.05) is 42.3 Å². The lowest BCUT2D eigenvalue weighted by Gasteiger charge is -2.35. The van der Waals surface area contributed by atoms with Crippen LogP contribution in [-0.2, 0) is 14.8 Å². The van der Waals surface area contributed by atoms with E-state index < -0.39 is 16.0 Å². The first-order chi connectivity index (χ1) is 17.5. The van der Waals surface area contributed by atoms with E-state index in [-0.39, 0.29) is 28.1 Å². The van der Waals surface area contributed by atoms with Crippen LogP contribution in [0.3, 0.4) is 0 Å². The van der Waals surface area contributed by atoms with Gasteiger partial charge in [0.05, 0.1) is 22.5 Å². The topological polar surface area (TPSA) is 132 Å². The van der Waals surface area contributed by atoms with Gasteiger partial charge < -0.3 is 15.3 Å². The number of nitrogens with zero attached hydrogens (tertiary/aromatic N) is 3. The summed E-state index contributed by atoms with van der Waals surface area (Å²) < 4.78 is 28.4. The van der Waals surface area contributed by atoms with Crippen LogP contribution in [0.5, 0.6) is 0 Å². The average Bonchev–Trinajstić information content (AvgIpc) is 2.83. The van der Waals surface area contributed by atoms with Crippen molar-refractivity contribution in [2.24, 2.45) is 0 Å². The van der Waals surface area contributed by atoms with Gasteiger partial charge in [-0.1, -0.05) is 18.2 Å². The van der Waals surface area contributed by atoms with Crippen LogP contribution in [0.2, 0.25) is 0 Å². The molecule has 0 saturated carbocycles. The predicted octanol–water partition coefficient (Wildman–Crippen LogP) is 2.69. The Kier molecular flexibility index (Phi) is 7.65. The molecule has 0 spiro atoms. The zero-order valence-electron chi connectivity index (χ0n) is 21.1. The summed E-state index contributed by atoms with van der Waals surface area (Å²) in [6, 6.07) is 12.9. The molecule has 0 radical (unpaired) electrons. The molecule has 0 aliphatic carbocycles. The molecular weight excluding hydrogens is 494 g/mol. The number of nitrogens with one attached hydrogen (secondary N) is 2. The Balaban J connectivity index is 1.55. The molecule has 1 fully saturated rings. The molecule has 196 valence electrons. The van der Waals surface area contributed by atoms with Gasteiger partial charge in [0.2, 0.25) is 5.91 Å². The van der Waals surface area contributed by atoms with E-state index in [1.54, 1.807) is 37.3 Å². The molecule has 3 aromatic rings. The molecule has 10 nitrogen and oxygen atoms in total. The van der Waals surface area contributed by atoms with E-state index in [0.717, 1.165) is 0 Å². The van der Waals surface area contributed by atoms with Gasteiger partial charge in [-0.15, -0.1) is 0 Å². The summed E-state index contributed by atoms with van der Waals surface area (Å²) in [5, 5.41) is 13.1. The molecule has 11 heteroatoms. The minimum Gasteiger partial charge on any atom is -0.478 e. The van der Waals surface area contributed by atoms with Crippen LogP contribution in [0, 0.1) is 6.92 Å². The third kappa shape index (κ3) is 6.17. The van der Waals surface area contributed by atoms with Gasteiger partial charge in [-0.25, -0.2) is 18.2 Å². The van der Waals surface area contributed by atoms with Crippen molar-refractivity contribution in [3.63, 3.8) is 0 Å². The van der Waals surface area contributed by atoms with Gasteiger partial charge in [0.15, 0.2) is 0 Å². The fraction of sp³-hybridized carbons (Fsp3) is 0.346. The highest BCUT2D eigenvalue weighted by molar-refractivity contribution is 7.92. The van der Waals surface area contributed by atoms with E-state index in [1.807, 2.05) is 18.7 Å². The molecule has 1 saturated heterocycles. The molecule has 1 amide bonds. The fourth-order valence-corrected chi connectivity index (χ4v) is 5.68. The number of hydrogen-bond donors (Lipinski definition) is 3. The Bertz CT molecular complexity index is 1430. The van der Waals surface area contributed by atoms with Crippen LogP contribution in [0.25, 0.3) is 10.9 Å². The van der Waals surface area contributed by atoms with Gasteiger partial charge in [-0.05, 0) is 56.7 Å². The van der Waals surface area contributed by atoms with Crippen molar-refractivity contribution < 1.29 is 23.1 Å². The lowest BCUT2D eigenvalue weighted by molar-refractivity contribution is -0.122. The molecule has 4 rings (SSSR count). The standard InChI is InChI=1S/C26H31N5O5S/c1-17(2)27-25(32)16-30-10-12-31(13-11-30)24-15-21(26(33)34)20-14-19(8-9-22(20)28-24)29-37(35,36)23-7-5-4-6-18(23)3/h4-9,14-15,17,29H,10-13,16H2,1-3H3,(H,27,32)(H,33,34). The van der Waals surface area contributed by atoms with Crippen molar-refractivity contribution in [1.82, 2.24) is 15.2 Å². The molecule has 0 bridgehead atoms. The number of carboxylic acids is 1. The maximum absolute atomic E-state index is 12.9. The summed E-state index contributed by atoms with van der Waals surface area (Å²) >= 11 is 0. The maximum atomic E-state index is 12.9. The Hall–Kier alpha value is -3.70. The minimum atomic E-state index is -3.85.